The molecule has 112 valence electrons. The van der Waals surface area contributed by atoms with Crippen molar-refractivity contribution >= 4 is 61.9 Å². The molecule has 1 amide bonds. The Morgan fingerprint density at radius 2 is 2.27 bits per heavy atom. The standard InChI is InChI=1S/C14H10BrN3O2S2/c1-7-4-8(19)2-3-10(7)17-14-18-12(20)11(22-14)5-9-6-16-13(15)21-9/h2-6,19H,1H3,(H,17,18,20)/b11-5-. The smallest absolute Gasteiger partial charge is 0.264 e. The van der Waals surface area contributed by atoms with Crippen LogP contribution in [0.15, 0.2) is 38.2 Å². The van der Waals surface area contributed by atoms with E-state index in [-0.39, 0.29) is 11.7 Å². The van der Waals surface area contributed by atoms with Crippen LogP contribution in [0.5, 0.6) is 5.75 Å². The number of amidine groups is 1. The van der Waals surface area contributed by atoms with Crippen LogP contribution in [0.25, 0.3) is 6.08 Å². The number of halogens is 1. The summed E-state index contributed by atoms with van der Waals surface area (Å²) in [4.78, 5) is 22.0. The Hall–Kier alpha value is -1.64. The minimum Gasteiger partial charge on any atom is -0.508 e. The summed E-state index contributed by atoms with van der Waals surface area (Å²) in [6, 6.07) is 4.91. The lowest BCUT2D eigenvalue weighted by atomic mass is 10.2. The average Bonchev–Trinajstić information content (AvgIpc) is 3.00. The van der Waals surface area contributed by atoms with Gasteiger partial charge in [-0.25, -0.2) is 9.98 Å². The molecule has 0 atom stereocenters. The number of carbonyl (C=O) groups excluding carboxylic acids is 1. The fourth-order valence-corrected chi connectivity index (χ4v) is 3.96. The van der Waals surface area contributed by atoms with Gasteiger partial charge in [0.25, 0.3) is 5.91 Å². The van der Waals surface area contributed by atoms with Gasteiger partial charge >= 0.3 is 0 Å². The third-order valence-corrected chi connectivity index (χ3v) is 5.16. The first-order valence-corrected chi connectivity index (χ1v) is 8.64. The van der Waals surface area contributed by atoms with Gasteiger partial charge < -0.3 is 10.4 Å². The summed E-state index contributed by atoms with van der Waals surface area (Å²) in [5.74, 6) is 0.0191. The van der Waals surface area contributed by atoms with E-state index in [1.54, 1.807) is 30.5 Å². The highest BCUT2D eigenvalue weighted by molar-refractivity contribution is 9.11. The zero-order valence-electron chi connectivity index (χ0n) is 11.3. The molecule has 1 aromatic carbocycles. The molecule has 1 aliphatic rings. The van der Waals surface area contributed by atoms with Crippen LogP contribution in [-0.2, 0) is 4.79 Å². The number of phenolic OH excluding ortho intramolecular Hbond substituents is 1. The number of rotatable bonds is 2. The number of nitrogens with zero attached hydrogens (tertiary/aromatic N) is 2. The number of thiazole rings is 1. The first-order valence-electron chi connectivity index (χ1n) is 6.22. The maximum atomic E-state index is 12.0. The predicted molar refractivity (Wildman–Crippen MR) is 93.5 cm³/mol. The van der Waals surface area contributed by atoms with Crippen LogP contribution >= 0.6 is 39.0 Å². The van der Waals surface area contributed by atoms with Gasteiger partial charge in [0.05, 0.1) is 10.6 Å². The van der Waals surface area contributed by atoms with Crippen LogP contribution in [0, 0.1) is 6.92 Å². The topological polar surface area (TPSA) is 74.6 Å². The fourth-order valence-electron chi connectivity index (χ4n) is 1.82. The molecule has 22 heavy (non-hydrogen) atoms. The van der Waals surface area contributed by atoms with Crippen molar-refractivity contribution in [3.8, 4) is 5.75 Å². The van der Waals surface area contributed by atoms with E-state index in [1.165, 1.54) is 23.1 Å². The highest BCUT2D eigenvalue weighted by atomic mass is 79.9. The highest BCUT2D eigenvalue weighted by Crippen LogP contribution is 2.31. The van der Waals surface area contributed by atoms with Crippen molar-refractivity contribution in [3.63, 3.8) is 0 Å². The second kappa shape index (κ2) is 6.23. The maximum Gasteiger partial charge on any atom is 0.264 e. The van der Waals surface area contributed by atoms with E-state index in [0.717, 1.165) is 14.4 Å². The van der Waals surface area contributed by atoms with E-state index in [0.29, 0.717) is 15.8 Å². The molecule has 8 heteroatoms. The number of hydrogen-bond donors (Lipinski definition) is 2. The normalized spacial score (nSPS) is 18.2. The highest BCUT2D eigenvalue weighted by Gasteiger charge is 2.24. The Labute approximate surface area is 143 Å². The molecule has 2 aromatic rings. The summed E-state index contributed by atoms with van der Waals surface area (Å²) >= 11 is 6.03. The van der Waals surface area contributed by atoms with Crippen LogP contribution in [0.3, 0.4) is 0 Å². The molecule has 0 bridgehead atoms. The number of amides is 1. The lowest BCUT2D eigenvalue weighted by molar-refractivity contribution is -0.115. The second-order valence-corrected chi connectivity index (χ2v) is 7.84. The molecule has 0 radical (unpaired) electrons. The molecule has 1 aliphatic heterocycles. The number of carbonyl (C=O) groups is 1. The SMILES string of the molecule is Cc1cc(O)ccc1N=C1NC(=O)/C(=C/c2cnc(Br)s2)S1. The molecule has 2 heterocycles. The molecule has 3 rings (SSSR count). The van der Waals surface area contributed by atoms with Gasteiger partial charge in [-0.3, -0.25) is 4.79 Å². The minimum absolute atomic E-state index is 0.176. The molecular formula is C14H10BrN3O2S2. The van der Waals surface area contributed by atoms with Crippen molar-refractivity contribution in [2.45, 2.75) is 6.92 Å². The third kappa shape index (κ3) is 3.40. The zero-order valence-corrected chi connectivity index (χ0v) is 14.6. The van der Waals surface area contributed by atoms with E-state index in [9.17, 15) is 9.90 Å². The molecular weight excluding hydrogens is 386 g/mol. The molecule has 1 saturated heterocycles. The number of benzene rings is 1. The van der Waals surface area contributed by atoms with Crippen molar-refractivity contribution in [2.75, 3.05) is 0 Å². The van der Waals surface area contributed by atoms with E-state index in [2.05, 4.69) is 31.2 Å². The molecule has 0 spiro atoms. The van der Waals surface area contributed by atoms with Gasteiger partial charge in [-0.15, -0.1) is 11.3 Å². The molecule has 0 unspecified atom stereocenters. The van der Waals surface area contributed by atoms with Gasteiger partial charge in [-0.05, 0) is 64.5 Å². The molecule has 1 fully saturated rings. The second-order valence-electron chi connectivity index (χ2n) is 4.47. The molecule has 0 aliphatic carbocycles. The molecule has 2 N–H and O–H groups in total. The number of nitrogens with one attached hydrogen (secondary N) is 1. The van der Waals surface area contributed by atoms with Crippen molar-refractivity contribution in [1.29, 1.82) is 0 Å². The third-order valence-electron chi connectivity index (χ3n) is 2.82. The van der Waals surface area contributed by atoms with E-state index < -0.39 is 0 Å². The van der Waals surface area contributed by atoms with Gasteiger partial charge in [0.1, 0.15) is 5.75 Å². The average molecular weight is 396 g/mol. The van der Waals surface area contributed by atoms with Crippen molar-refractivity contribution in [1.82, 2.24) is 10.3 Å². The Kier molecular flexibility index (Phi) is 4.32. The summed E-state index contributed by atoms with van der Waals surface area (Å²) in [7, 11) is 0. The predicted octanol–water partition coefficient (Wildman–Crippen LogP) is 3.81. The summed E-state index contributed by atoms with van der Waals surface area (Å²) in [5, 5.41) is 12.7. The number of aromatic nitrogens is 1. The van der Waals surface area contributed by atoms with Gasteiger partial charge in [-0.1, -0.05) is 0 Å². The van der Waals surface area contributed by atoms with Gasteiger partial charge in [-0.2, -0.15) is 0 Å². The summed E-state index contributed by atoms with van der Waals surface area (Å²) in [5.41, 5.74) is 1.55. The lowest BCUT2D eigenvalue weighted by Crippen LogP contribution is -2.19. The maximum absolute atomic E-state index is 12.0. The molecule has 1 aromatic heterocycles. The monoisotopic (exact) mass is 395 g/mol. The Morgan fingerprint density at radius 1 is 1.45 bits per heavy atom. The van der Waals surface area contributed by atoms with Crippen LogP contribution in [-0.4, -0.2) is 21.2 Å². The largest absolute Gasteiger partial charge is 0.508 e. The Bertz CT molecular complexity index is 814. The lowest BCUT2D eigenvalue weighted by Gasteiger charge is -2.01. The number of aliphatic imine (C=N–C) groups is 1. The molecule has 0 saturated carbocycles. The Morgan fingerprint density at radius 3 is 2.95 bits per heavy atom. The zero-order chi connectivity index (χ0) is 15.7. The van der Waals surface area contributed by atoms with Crippen LogP contribution in [0.1, 0.15) is 10.4 Å². The van der Waals surface area contributed by atoms with Gasteiger partial charge in [0, 0.05) is 11.1 Å². The van der Waals surface area contributed by atoms with E-state index >= 15 is 0 Å². The van der Waals surface area contributed by atoms with Crippen molar-refractivity contribution in [2.24, 2.45) is 4.99 Å². The van der Waals surface area contributed by atoms with Crippen LogP contribution in [0.2, 0.25) is 0 Å². The summed E-state index contributed by atoms with van der Waals surface area (Å²) < 4.78 is 0.774. The van der Waals surface area contributed by atoms with Crippen molar-refractivity contribution < 1.29 is 9.90 Å². The molecule has 5 nitrogen and oxygen atoms in total. The number of phenols is 1. The van der Waals surface area contributed by atoms with Crippen molar-refractivity contribution in [3.05, 3.63) is 43.7 Å². The summed E-state index contributed by atoms with van der Waals surface area (Å²) in [6.07, 6.45) is 3.49. The van der Waals surface area contributed by atoms with E-state index in [4.69, 9.17) is 0 Å². The number of aryl methyl sites for hydroxylation is 1. The number of hydrogen-bond acceptors (Lipinski definition) is 6. The summed E-state index contributed by atoms with van der Waals surface area (Å²) in [6.45, 7) is 1.85. The van der Waals surface area contributed by atoms with Crippen LogP contribution in [0.4, 0.5) is 5.69 Å². The Balaban J connectivity index is 1.85. The van der Waals surface area contributed by atoms with Crippen LogP contribution < -0.4 is 5.32 Å². The van der Waals surface area contributed by atoms with E-state index in [1.807, 2.05) is 6.92 Å². The minimum atomic E-state index is -0.176. The number of aromatic hydroxyl groups is 1. The fraction of sp³-hybridized carbons (Fsp3) is 0.0714. The quantitative estimate of drug-likeness (QED) is 0.758. The van der Waals surface area contributed by atoms with Gasteiger partial charge in [0.15, 0.2) is 9.08 Å². The first kappa shape index (κ1) is 15.3. The van der Waals surface area contributed by atoms with Gasteiger partial charge in [0.2, 0.25) is 0 Å². The number of thioether (sulfide) groups is 1. The first-order chi connectivity index (χ1) is 10.5.